The first kappa shape index (κ1) is 13.5. The summed E-state index contributed by atoms with van der Waals surface area (Å²) in [6.45, 7) is 0. The molecule has 98 valence electrons. The van der Waals surface area contributed by atoms with E-state index in [1.807, 2.05) is 24.3 Å². The summed E-state index contributed by atoms with van der Waals surface area (Å²) in [4.78, 5) is 11.8. The van der Waals surface area contributed by atoms with Crippen molar-refractivity contribution in [3.8, 4) is 0 Å². The predicted octanol–water partition coefficient (Wildman–Crippen LogP) is 1.21. The summed E-state index contributed by atoms with van der Waals surface area (Å²) in [5.74, 6) is -0.922. The SMILES string of the molecule is CS(=O)(=O)CC(=O)NC1c2ccccc2CC1Br. The number of halogens is 1. The smallest absolute Gasteiger partial charge is 0.235 e. The Hall–Kier alpha value is -0.880. The Bertz CT molecular complexity index is 570. The second-order valence-electron chi connectivity index (χ2n) is 4.53. The summed E-state index contributed by atoms with van der Waals surface area (Å²) in [6, 6.07) is 7.70. The summed E-state index contributed by atoms with van der Waals surface area (Å²) in [6.07, 6.45) is 1.89. The highest BCUT2D eigenvalue weighted by molar-refractivity contribution is 9.09. The van der Waals surface area contributed by atoms with Gasteiger partial charge < -0.3 is 5.32 Å². The minimum Gasteiger partial charge on any atom is -0.347 e. The lowest BCUT2D eigenvalue weighted by Crippen LogP contribution is -2.35. The molecule has 2 atom stereocenters. The normalized spacial score (nSPS) is 22.6. The van der Waals surface area contributed by atoms with Crippen LogP contribution in [0.2, 0.25) is 0 Å². The monoisotopic (exact) mass is 331 g/mol. The molecule has 1 aliphatic carbocycles. The van der Waals surface area contributed by atoms with Crippen molar-refractivity contribution in [1.29, 1.82) is 0 Å². The van der Waals surface area contributed by atoms with Gasteiger partial charge in [0.25, 0.3) is 0 Å². The average molecular weight is 332 g/mol. The lowest BCUT2D eigenvalue weighted by atomic mass is 10.1. The molecule has 0 aliphatic heterocycles. The zero-order valence-electron chi connectivity index (χ0n) is 9.89. The quantitative estimate of drug-likeness (QED) is 0.847. The van der Waals surface area contributed by atoms with Crippen LogP contribution in [0, 0.1) is 0 Å². The lowest BCUT2D eigenvalue weighted by Gasteiger charge is -2.17. The summed E-state index contributed by atoms with van der Waals surface area (Å²) in [5, 5.41) is 2.78. The molecule has 1 N–H and O–H groups in total. The van der Waals surface area contributed by atoms with Gasteiger partial charge in [-0.1, -0.05) is 40.2 Å². The zero-order chi connectivity index (χ0) is 13.3. The van der Waals surface area contributed by atoms with Gasteiger partial charge in [0, 0.05) is 11.1 Å². The van der Waals surface area contributed by atoms with E-state index in [1.165, 1.54) is 5.56 Å². The number of benzene rings is 1. The van der Waals surface area contributed by atoms with Crippen LogP contribution in [0.3, 0.4) is 0 Å². The van der Waals surface area contributed by atoms with E-state index in [0.29, 0.717) is 0 Å². The molecular formula is C12H14BrNO3S. The molecule has 18 heavy (non-hydrogen) atoms. The van der Waals surface area contributed by atoms with Crippen LogP contribution in [0.1, 0.15) is 17.2 Å². The predicted molar refractivity (Wildman–Crippen MR) is 73.5 cm³/mol. The highest BCUT2D eigenvalue weighted by atomic mass is 79.9. The van der Waals surface area contributed by atoms with Gasteiger partial charge in [0.15, 0.2) is 9.84 Å². The van der Waals surface area contributed by atoms with Crippen molar-refractivity contribution in [2.45, 2.75) is 17.3 Å². The van der Waals surface area contributed by atoms with Gasteiger partial charge in [-0.05, 0) is 17.5 Å². The second kappa shape index (κ2) is 5.01. The lowest BCUT2D eigenvalue weighted by molar-refractivity contribution is -0.119. The summed E-state index contributed by atoms with van der Waals surface area (Å²) >= 11 is 3.53. The minimum absolute atomic E-state index is 0.110. The Morgan fingerprint density at radius 3 is 2.78 bits per heavy atom. The number of fused-ring (bicyclic) bond motifs is 1. The number of hydrogen-bond donors (Lipinski definition) is 1. The zero-order valence-corrected chi connectivity index (χ0v) is 12.3. The van der Waals surface area contributed by atoms with Crippen molar-refractivity contribution in [1.82, 2.24) is 5.32 Å². The Kier molecular flexibility index (Phi) is 3.77. The van der Waals surface area contributed by atoms with Crippen LogP contribution in [0.4, 0.5) is 0 Å². The van der Waals surface area contributed by atoms with Gasteiger partial charge in [-0.15, -0.1) is 0 Å². The number of amides is 1. The largest absolute Gasteiger partial charge is 0.347 e. The van der Waals surface area contributed by atoms with Crippen LogP contribution in [-0.2, 0) is 21.1 Å². The van der Waals surface area contributed by atoms with Gasteiger partial charge in [0.2, 0.25) is 5.91 Å². The van der Waals surface area contributed by atoms with E-state index < -0.39 is 21.5 Å². The third-order valence-corrected chi connectivity index (χ3v) is 4.52. The Morgan fingerprint density at radius 2 is 2.11 bits per heavy atom. The van der Waals surface area contributed by atoms with Crippen LogP contribution in [-0.4, -0.2) is 31.2 Å². The third-order valence-electron chi connectivity index (χ3n) is 2.88. The molecule has 0 saturated carbocycles. The van der Waals surface area contributed by atoms with Crippen molar-refractivity contribution in [2.24, 2.45) is 0 Å². The first-order chi connectivity index (χ1) is 8.37. The molecule has 2 unspecified atom stereocenters. The van der Waals surface area contributed by atoms with Gasteiger partial charge in [-0.3, -0.25) is 4.79 Å². The minimum atomic E-state index is -3.29. The van der Waals surface area contributed by atoms with Crippen molar-refractivity contribution < 1.29 is 13.2 Å². The first-order valence-corrected chi connectivity index (χ1v) is 8.53. The number of sulfone groups is 1. The molecule has 0 heterocycles. The van der Waals surface area contributed by atoms with Crippen LogP contribution >= 0.6 is 15.9 Å². The number of rotatable bonds is 3. The summed E-state index contributed by atoms with van der Waals surface area (Å²) in [5.41, 5.74) is 2.24. The van der Waals surface area contributed by atoms with Gasteiger partial charge in [0.05, 0.1) is 6.04 Å². The van der Waals surface area contributed by atoms with Crippen LogP contribution in [0.25, 0.3) is 0 Å². The van der Waals surface area contributed by atoms with E-state index in [-0.39, 0.29) is 10.9 Å². The van der Waals surface area contributed by atoms with E-state index in [4.69, 9.17) is 0 Å². The van der Waals surface area contributed by atoms with E-state index in [9.17, 15) is 13.2 Å². The van der Waals surface area contributed by atoms with Crippen molar-refractivity contribution in [3.63, 3.8) is 0 Å². The van der Waals surface area contributed by atoms with Crippen molar-refractivity contribution >= 4 is 31.7 Å². The maximum atomic E-state index is 11.7. The van der Waals surface area contributed by atoms with Gasteiger partial charge in [0.1, 0.15) is 5.75 Å². The van der Waals surface area contributed by atoms with E-state index in [0.717, 1.165) is 18.2 Å². The Balaban J connectivity index is 2.13. The molecule has 6 heteroatoms. The van der Waals surface area contributed by atoms with E-state index >= 15 is 0 Å². The van der Waals surface area contributed by atoms with Gasteiger partial charge >= 0.3 is 0 Å². The molecule has 1 aliphatic rings. The fraction of sp³-hybridized carbons (Fsp3) is 0.417. The van der Waals surface area contributed by atoms with Crippen LogP contribution < -0.4 is 5.32 Å². The maximum Gasteiger partial charge on any atom is 0.235 e. The number of carbonyl (C=O) groups excluding carboxylic acids is 1. The topological polar surface area (TPSA) is 63.2 Å². The number of carbonyl (C=O) groups is 1. The van der Waals surface area contributed by atoms with Crippen LogP contribution in [0.15, 0.2) is 24.3 Å². The summed E-state index contributed by atoms with van der Waals surface area (Å²) < 4.78 is 22.1. The van der Waals surface area contributed by atoms with Crippen molar-refractivity contribution in [2.75, 3.05) is 12.0 Å². The first-order valence-electron chi connectivity index (χ1n) is 5.56. The number of alkyl halides is 1. The molecule has 0 saturated heterocycles. The molecule has 0 bridgehead atoms. The van der Waals surface area contributed by atoms with Crippen LogP contribution in [0.5, 0.6) is 0 Å². The maximum absolute atomic E-state index is 11.7. The molecule has 0 radical (unpaired) electrons. The Labute approximate surface area is 115 Å². The average Bonchev–Trinajstić information content (AvgIpc) is 2.53. The molecule has 2 rings (SSSR count). The molecule has 4 nitrogen and oxygen atoms in total. The van der Waals surface area contributed by atoms with E-state index in [2.05, 4.69) is 21.2 Å². The molecule has 1 aromatic carbocycles. The third kappa shape index (κ3) is 3.11. The van der Waals surface area contributed by atoms with Crippen molar-refractivity contribution in [3.05, 3.63) is 35.4 Å². The summed E-state index contributed by atoms with van der Waals surface area (Å²) in [7, 11) is -3.29. The van der Waals surface area contributed by atoms with Gasteiger partial charge in [-0.2, -0.15) is 0 Å². The molecule has 0 spiro atoms. The standard InChI is InChI=1S/C12H14BrNO3S/c1-18(16,17)7-11(15)14-12-9-5-3-2-4-8(9)6-10(12)13/h2-5,10,12H,6-7H2,1H3,(H,14,15). The van der Waals surface area contributed by atoms with E-state index in [1.54, 1.807) is 0 Å². The highest BCUT2D eigenvalue weighted by Crippen LogP contribution is 2.35. The molecule has 1 amide bonds. The second-order valence-corrected chi connectivity index (χ2v) is 7.85. The molecule has 0 aromatic heterocycles. The molecule has 1 aromatic rings. The van der Waals surface area contributed by atoms with Gasteiger partial charge in [-0.25, -0.2) is 8.42 Å². The molecule has 0 fully saturated rings. The fourth-order valence-electron chi connectivity index (χ4n) is 2.17. The fourth-order valence-corrected chi connectivity index (χ4v) is 3.49. The highest BCUT2D eigenvalue weighted by Gasteiger charge is 2.31. The Morgan fingerprint density at radius 1 is 1.44 bits per heavy atom. The number of nitrogens with one attached hydrogen (secondary N) is 1. The number of hydrogen-bond acceptors (Lipinski definition) is 3. The molecular weight excluding hydrogens is 318 g/mol.